The van der Waals surface area contributed by atoms with Crippen LogP contribution in [0.5, 0.6) is 0 Å². The number of hydrogen-bond donors (Lipinski definition) is 1. The van der Waals surface area contributed by atoms with E-state index in [9.17, 15) is 9.18 Å². The van der Waals surface area contributed by atoms with E-state index in [1.54, 1.807) is 12.1 Å². The molecule has 0 spiro atoms. The lowest BCUT2D eigenvalue weighted by atomic mass is 10.1. The lowest BCUT2D eigenvalue weighted by Gasteiger charge is -2.02. The molecule has 0 fully saturated rings. The van der Waals surface area contributed by atoms with Crippen molar-refractivity contribution >= 4 is 17.2 Å². The average molecular weight is 409 g/mol. The topological polar surface area (TPSA) is 98.5 Å². The summed E-state index contributed by atoms with van der Waals surface area (Å²) in [5.41, 5.74) is 2.82. The summed E-state index contributed by atoms with van der Waals surface area (Å²) in [5, 5.41) is 23.9. The lowest BCUT2D eigenvalue weighted by molar-refractivity contribution is 0.0950. The maximum atomic E-state index is 12.9. The standard InChI is InChI=1S/C19H16FN7OS/c1-12-2-6-14(7-3-12)17-23-26-27(25-17)11-16-22-24-19(29-16)18(28)21-10-13-4-8-15(20)9-5-13/h2-9H,10-11H2,1H3,(H,21,28). The molecule has 4 rings (SSSR count). The Morgan fingerprint density at radius 2 is 1.83 bits per heavy atom. The summed E-state index contributed by atoms with van der Waals surface area (Å²) < 4.78 is 12.9. The molecule has 0 radical (unpaired) electrons. The average Bonchev–Trinajstić information content (AvgIpc) is 3.38. The maximum Gasteiger partial charge on any atom is 0.282 e. The van der Waals surface area contributed by atoms with Crippen LogP contribution in [-0.2, 0) is 13.1 Å². The number of hydrogen-bond acceptors (Lipinski definition) is 7. The number of tetrazole rings is 1. The van der Waals surface area contributed by atoms with E-state index in [2.05, 4.69) is 30.9 Å². The SMILES string of the molecule is Cc1ccc(-c2nnn(Cc3nnc(C(=O)NCc4ccc(F)cc4)s3)n2)cc1. The Bertz CT molecular complexity index is 1120. The molecule has 2 aromatic heterocycles. The molecule has 1 amide bonds. The number of rotatable bonds is 6. The first-order chi connectivity index (χ1) is 14.1. The van der Waals surface area contributed by atoms with E-state index in [-0.39, 0.29) is 29.8 Å². The van der Waals surface area contributed by atoms with Crippen molar-refractivity contribution in [3.63, 3.8) is 0 Å². The Labute approximate surface area is 169 Å². The van der Waals surface area contributed by atoms with Crippen LogP contribution in [0.15, 0.2) is 48.5 Å². The molecule has 2 heterocycles. The number of nitrogens with one attached hydrogen (secondary N) is 1. The molecule has 10 heteroatoms. The van der Waals surface area contributed by atoms with Crippen molar-refractivity contribution < 1.29 is 9.18 Å². The van der Waals surface area contributed by atoms with Crippen molar-refractivity contribution in [3.05, 3.63) is 75.5 Å². The van der Waals surface area contributed by atoms with Crippen LogP contribution in [0.25, 0.3) is 11.4 Å². The predicted molar refractivity (Wildman–Crippen MR) is 105 cm³/mol. The highest BCUT2D eigenvalue weighted by molar-refractivity contribution is 7.13. The monoisotopic (exact) mass is 409 g/mol. The van der Waals surface area contributed by atoms with Gasteiger partial charge in [-0.3, -0.25) is 4.79 Å². The van der Waals surface area contributed by atoms with E-state index in [1.165, 1.54) is 16.9 Å². The summed E-state index contributed by atoms with van der Waals surface area (Å²) in [4.78, 5) is 13.7. The number of nitrogens with zero attached hydrogens (tertiary/aromatic N) is 6. The number of carbonyl (C=O) groups excluding carboxylic acids is 1. The largest absolute Gasteiger partial charge is 0.346 e. The van der Waals surface area contributed by atoms with Crippen LogP contribution < -0.4 is 5.32 Å². The number of aromatic nitrogens is 6. The minimum absolute atomic E-state index is 0.237. The number of halogens is 1. The first kappa shape index (κ1) is 18.8. The first-order valence-electron chi connectivity index (χ1n) is 8.77. The van der Waals surface area contributed by atoms with Gasteiger partial charge in [0, 0.05) is 12.1 Å². The minimum atomic E-state index is -0.343. The lowest BCUT2D eigenvalue weighted by Crippen LogP contribution is -2.22. The zero-order valence-corrected chi connectivity index (χ0v) is 16.2. The van der Waals surface area contributed by atoms with Gasteiger partial charge in [-0.05, 0) is 29.8 Å². The van der Waals surface area contributed by atoms with Crippen LogP contribution in [0.4, 0.5) is 4.39 Å². The third kappa shape index (κ3) is 4.66. The number of aryl methyl sites for hydroxylation is 1. The van der Waals surface area contributed by atoms with E-state index in [1.807, 2.05) is 31.2 Å². The van der Waals surface area contributed by atoms with Crippen molar-refractivity contribution in [2.45, 2.75) is 20.0 Å². The van der Waals surface area contributed by atoms with Crippen LogP contribution in [0.1, 0.15) is 25.9 Å². The molecule has 0 atom stereocenters. The molecule has 0 aliphatic carbocycles. The van der Waals surface area contributed by atoms with Crippen LogP contribution in [0.2, 0.25) is 0 Å². The second-order valence-electron chi connectivity index (χ2n) is 6.32. The molecule has 8 nitrogen and oxygen atoms in total. The molecule has 146 valence electrons. The predicted octanol–water partition coefficient (Wildman–Crippen LogP) is 2.62. The molecule has 0 aliphatic heterocycles. The quantitative estimate of drug-likeness (QED) is 0.526. The molecule has 0 saturated heterocycles. The summed E-state index contributed by atoms with van der Waals surface area (Å²) in [5.74, 6) is -0.141. The van der Waals surface area contributed by atoms with Gasteiger partial charge in [-0.25, -0.2) is 4.39 Å². The smallest absolute Gasteiger partial charge is 0.282 e. The van der Waals surface area contributed by atoms with Gasteiger partial charge in [0.15, 0.2) is 0 Å². The van der Waals surface area contributed by atoms with Gasteiger partial charge in [0.25, 0.3) is 5.91 Å². The zero-order chi connectivity index (χ0) is 20.2. The second-order valence-corrected chi connectivity index (χ2v) is 7.38. The van der Waals surface area contributed by atoms with E-state index >= 15 is 0 Å². The van der Waals surface area contributed by atoms with Gasteiger partial charge in [0.2, 0.25) is 10.8 Å². The second kappa shape index (κ2) is 8.23. The summed E-state index contributed by atoms with van der Waals surface area (Å²) in [6, 6.07) is 13.8. The van der Waals surface area contributed by atoms with Crippen molar-refractivity contribution in [2.24, 2.45) is 0 Å². The van der Waals surface area contributed by atoms with Gasteiger partial charge in [-0.15, -0.1) is 20.4 Å². The Morgan fingerprint density at radius 3 is 2.59 bits per heavy atom. The van der Waals surface area contributed by atoms with E-state index in [0.29, 0.717) is 10.8 Å². The van der Waals surface area contributed by atoms with Gasteiger partial charge in [0.1, 0.15) is 17.4 Å². The molecular weight excluding hydrogens is 393 g/mol. The Hall–Kier alpha value is -3.53. The van der Waals surface area contributed by atoms with Gasteiger partial charge in [-0.2, -0.15) is 4.80 Å². The minimum Gasteiger partial charge on any atom is -0.346 e. The first-order valence-corrected chi connectivity index (χ1v) is 9.58. The summed E-state index contributed by atoms with van der Waals surface area (Å²) in [6.07, 6.45) is 0. The van der Waals surface area contributed by atoms with Gasteiger partial charge in [0.05, 0.1) is 0 Å². The van der Waals surface area contributed by atoms with Gasteiger partial charge >= 0.3 is 0 Å². The summed E-state index contributed by atoms with van der Waals surface area (Å²) in [6.45, 7) is 2.55. The Morgan fingerprint density at radius 1 is 1.07 bits per heavy atom. The van der Waals surface area contributed by atoms with Gasteiger partial charge < -0.3 is 5.32 Å². The van der Waals surface area contributed by atoms with Crippen LogP contribution in [-0.4, -0.2) is 36.3 Å². The molecule has 2 aromatic carbocycles. The normalized spacial score (nSPS) is 10.8. The van der Waals surface area contributed by atoms with E-state index in [4.69, 9.17) is 0 Å². The van der Waals surface area contributed by atoms with Crippen molar-refractivity contribution in [1.82, 2.24) is 35.7 Å². The molecule has 0 unspecified atom stereocenters. The number of benzene rings is 2. The molecular formula is C19H16FN7OS. The molecule has 0 bridgehead atoms. The molecule has 1 N–H and O–H groups in total. The number of carbonyl (C=O) groups is 1. The van der Waals surface area contributed by atoms with E-state index in [0.717, 1.165) is 28.0 Å². The Balaban J connectivity index is 1.37. The van der Waals surface area contributed by atoms with Crippen LogP contribution in [0, 0.1) is 12.7 Å². The van der Waals surface area contributed by atoms with Crippen molar-refractivity contribution in [1.29, 1.82) is 0 Å². The maximum absolute atomic E-state index is 12.9. The molecule has 0 aliphatic rings. The highest BCUT2D eigenvalue weighted by Gasteiger charge is 2.14. The zero-order valence-electron chi connectivity index (χ0n) is 15.4. The Kier molecular flexibility index (Phi) is 5.34. The fraction of sp³-hybridized carbons (Fsp3) is 0.158. The third-order valence-electron chi connectivity index (χ3n) is 4.07. The molecule has 4 aromatic rings. The van der Waals surface area contributed by atoms with Crippen molar-refractivity contribution in [3.8, 4) is 11.4 Å². The third-order valence-corrected chi connectivity index (χ3v) is 4.97. The molecule has 0 saturated carbocycles. The highest BCUT2D eigenvalue weighted by Crippen LogP contribution is 2.15. The van der Waals surface area contributed by atoms with Crippen LogP contribution >= 0.6 is 11.3 Å². The number of amides is 1. The van der Waals surface area contributed by atoms with Crippen molar-refractivity contribution in [2.75, 3.05) is 0 Å². The van der Waals surface area contributed by atoms with Gasteiger partial charge in [-0.1, -0.05) is 53.3 Å². The summed E-state index contributed by atoms with van der Waals surface area (Å²) >= 11 is 1.16. The summed E-state index contributed by atoms with van der Waals surface area (Å²) in [7, 11) is 0. The van der Waals surface area contributed by atoms with E-state index < -0.39 is 0 Å². The molecule has 29 heavy (non-hydrogen) atoms. The fourth-order valence-corrected chi connectivity index (χ4v) is 3.25. The highest BCUT2D eigenvalue weighted by atomic mass is 32.1. The van der Waals surface area contributed by atoms with Crippen LogP contribution in [0.3, 0.4) is 0 Å². The fourth-order valence-electron chi connectivity index (χ4n) is 2.52.